The monoisotopic (exact) mass is 187 g/mol. The Hall–Kier alpha value is -0.120. The van der Waals surface area contributed by atoms with Crippen molar-refractivity contribution in [2.45, 2.75) is 38.8 Å². The molecular formula is C10H21NO2. The SMILES string of the molecule is CC(C)C1CC(NCCO)CCO1. The zero-order chi connectivity index (χ0) is 9.68. The lowest BCUT2D eigenvalue weighted by Gasteiger charge is -2.32. The predicted molar refractivity (Wildman–Crippen MR) is 52.7 cm³/mol. The van der Waals surface area contributed by atoms with Gasteiger partial charge >= 0.3 is 0 Å². The minimum Gasteiger partial charge on any atom is -0.395 e. The molecule has 0 aromatic carbocycles. The summed E-state index contributed by atoms with van der Waals surface area (Å²) in [5, 5.41) is 12.0. The molecule has 13 heavy (non-hydrogen) atoms. The lowest BCUT2D eigenvalue weighted by molar-refractivity contribution is -0.0247. The molecule has 3 heteroatoms. The predicted octanol–water partition coefficient (Wildman–Crippen LogP) is 0.772. The number of rotatable bonds is 4. The Morgan fingerprint density at radius 2 is 2.31 bits per heavy atom. The molecule has 0 aliphatic carbocycles. The summed E-state index contributed by atoms with van der Waals surface area (Å²) in [6.45, 7) is 6.17. The van der Waals surface area contributed by atoms with Crippen LogP contribution in [0.3, 0.4) is 0 Å². The van der Waals surface area contributed by atoms with Gasteiger partial charge in [-0.05, 0) is 18.8 Å². The van der Waals surface area contributed by atoms with Crippen molar-refractivity contribution in [3.63, 3.8) is 0 Å². The minimum absolute atomic E-state index is 0.226. The van der Waals surface area contributed by atoms with E-state index in [0.29, 0.717) is 24.6 Å². The van der Waals surface area contributed by atoms with E-state index in [4.69, 9.17) is 9.84 Å². The van der Waals surface area contributed by atoms with E-state index in [1.165, 1.54) is 0 Å². The number of aliphatic hydroxyl groups is 1. The smallest absolute Gasteiger partial charge is 0.0612 e. The molecule has 0 amide bonds. The Morgan fingerprint density at radius 1 is 1.54 bits per heavy atom. The molecule has 0 aromatic heterocycles. The topological polar surface area (TPSA) is 41.5 Å². The van der Waals surface area contributed by atoms with Gasteiger partial charge in [0.05, 0.1) is 12.7 Å². The van der Waals surface area contributed by atoms with Crippen LogP contribution in [0.2, 0.25) is 0 Å². The molecule has 78 valence electrons. The second-order valence-corrected chi connectivity index (χ2v) is 4.05. The van der Waals surface area contributed by atoms with Crippen LogP contribution in [-0.4, -0.2) is 37.0 Å². The molecule has 1 saturated heterocycles. The maximum Gasteiger partial charge on any atom is 0.0612 e. The van der Waals surface area contributed by atoms with Gasteiger partial charge < -0.3 is 15.2 Å². The van der Waals surface area contributed by atoms with Crippen LogP contribution in [0.1, 0.15) is 26.7 Å². The van der Waals surface area contributed by atoms with Crippen molar-refractivity contribution in [3.05, 3.63) is 0 Å². The molecule has 3 nitrogen and oxygen atoms in total. The highest BCUT2D eigenvalue weighted by Crippen LogP contribution is 2.19. The van der Waals surface area contributed by atoms with Gasteiger partial charge in [0.25, 0.3) is 0 Å². The number of ether oxygens (including phenoxy) is 1. The van der Waals surface area contributed by atoms with Crippen LogP contribution in [0.5, 0.6) is 0 Å². The first-order valence-electron chi connectivity index (χ1n) is 5.20. The van der Waals surface area contributed by atoms with Crippen LogP contribution in [0, 0.1) is 5.92 Å². The summed E-state index contributed by atoms with van der Waals surface area (Å²) in [5.74, 6) is 0.596. The Balaban J connectivity index is 2.25. The van der Waals surface area contributed by atoms with Gasteiger partial charge in [-0.2, -0.15) is 0 Å². The highest BCUT2D eigenvalue weighted by Gasteiger charge is 2.23. The maximum absolute atomic E-state index is 8.68. The Kier molecular flexibility index (Phi) is 4.70. The maximum atomic E-state index is 8.68. The van der Waals surface area contributed by atoms with E-state index in [9.17, 15) is 0 Å². The molecule has 1 aliphatic heterocycles. The zero-order valence-electron chi connectivity index (χ0n) is 8.62. The van der Waals surface area contributed by atoms with Crippen LogP contribution in [-0.2, 0) is 4.74 Å². The highest BCUT2D eigenvalue weighted by atomic mass is 16.5. The molecule has 1 heterocycles. The Labute approximate surface area is 80.5 Å². The number of aliphatic hydroxyl groups excluding tert-OH is 1. The standard InChI is InChI=1S/C10H21NO2/c1-8(2)10-7-9(3-6-13-10)11-4-5-12/h8-12H,3-7H2,1-2H3. The van der Waals surface area contributed by atoms with Gasteiger partial charge in [0.1, 0.15) is 0 Å². The second kappa shape index (κ2) is 5.58. The van der Waals surface area contributed by atoms with Crippen molar-refractivity contribution in [1.29, 1.82) is 0 Å². The van der Waals surface area contributed by atoms with Crippen molar-refractivity contribution in [2.24, 2.45) is 5.92 Å². The van der Waals surface area contributed by atoms with E-state index in [1.54, 1.807) is 0 Å². The van der Waals surface area contributed by atoms with Gasteiger partial charge in [0, 0.05) is 19.2 Å². The van der Waals surface area contributed by atoms with Gasteiger partial charge in [-0.3, -0.25) is 0 Å². The zero-order valence-corrected chi connectivity index (χ0v) is 8.62. The first kappa shape index (κ1) is 11.0. The van der Waals surface area contributed by atoms with Gasteiger partial charge in [-0.25, -0.2) is 0 Å². The normalized spacial score (nSPS) is 29.5. The average molecular weight is 187 g/mol. The number of hydrogen-bond donors (Lipinski definition) is 2. The Bertz CT molecular complexity index is 139. The highest BCUT2D eigenvalue weighted by molar-refractivity contribution is 4.78. The summed E-state index contributed by atoms with van der Waals surface area (Å²) in [4.78, 5) is 0. The summed E-state index contributed by atoms with van der Waals surface area (Å²) in [7, 11) is 0. The first-order chi connectivity index (χ1) is 6.24. The minimum atomic E-state index is 0.226. The third-order valence-corrected chi connectivity index (χ3v) is 2.60. The second-order valence-electron chi connectivity index (χ2n) is 4.05. The molecule has 1 aliphatic rings. The van der Waals surface area contributed by atoms with Crippen molar-refractivity contribution in [2.75, 3.05) is 19.8 Å². The molecule has 2 N–H and O–H groups in total. The van der Waals surface area contributed by atoms with Crippen molar-refractivity contribution in [3.8, 4) is 0 Å². The fourth-order valence-electron chi connectivity index (χ4n) is 1.75. The third-order valence-electron chi connectivity index (χ3n) is 2.60. The van der Waals surface area contributed by atoms with Crippen LogP contribution in [0.4, 0.5) is 0 Å². The lowest BCUT2D eigenvalue weighted by Crippen LogP contribution is -2.41. The lowest BCUT2D eigenvalue weighted by atomic mass is 9.95. The molecule has 2 unspecified atom stereocenters. The number of hydrogen-bond acceptors (Lipinski definition) is 3. The molecule has 0 radical (unpaired) electrons. The van der Waals surface area contributed by atoms with Crippen LogP contribution >= 0.6 is 0 Å². The van der Waals surface area contributed by atoms with E-state index < -0.39 is 0 Å². The summed E-state index contributed by atoms with van der Waals surface area (Å²) in [6.07, 6.45) is 2.55. The van der Waals surface area contributed by atoms with Gasteiger partial charge in [0.2, 0.25) is 0 Å². The van der Waals surface area contributed by atoms with E-state index >= 15 is 0 Å². The van der Waals surface area contributed by atoms with Crippen LogP contribution < -0.4 is 5.32 Å². The largest absolute Gasteiger partial charge is 0.395 e. The molecule has 0 spiro atoms. The molecule has 0 saturated carbocycles. The molecular weight excluding hydrogens is 166 g/mol. The van der Waals surface area contributed by atoms with Gasteiger partial charge in [-0.15, -0.1) is 0 Å². The molecule has 1 rings (SSSR count). The van der Waals surface area contributed by atoms with Crippen molar-refractivity contribution in [1.82, 2.24) is 5.32 Å². The van der Waals surface area contributed by atoms with Crippen molar-refractivity contribution >= 4 is 0 Å². The summed E-state index contributed by atoms with van der Waals surface area (Å²) in [5.41, 5.74) is 0. The molecule has 2 atom stereocenters. The van der Waals surface area contributed by atoms with Crippen LogP contribution in [0.25, 0.3) is 0 Å². The summed E-state index contributed by atoms with van der Waals surface area (Å²) >= 11 is 0. The average Bonchev–Trinajstić information content (AvgIpc) is 2.15. The van der Waals surface area contributed by atoms with E-state index in [-0.39, 0.29) is 6.61 Å². The van der Waals surface area contributed by atoms with E-state index in [1.807, 2.05) is 0 Å². The molecule has 1 fully saturated rings. The summed E-state index contributed by atoms with van der Waals surface area (Å²) in [6, 6.07) is 0.535. The molecule has 0 aromatic rings. The third kappa shape index (κ3) is 3.63. The Morgan fingerprint density at radius 3 is 2.92 bits per heavy atom. The van der Waals surface area contributed by atoms with E-state index in [0.717, 1.165) is 19.4 Å². The molecule has 0 bridgehead atoms. The van der Waals surface area contributed by atoms with Crippen molar-refractivity contribution < 1.29 is 9.84 Å². The van der Waals surface area contributed by atoms with Gasteiger partial charge in [-0.1, -0.05) is 13.8 Å². The van der Waals surface area contributed by atoms with Crippen LogP contribution in [0.15, 0.2) is 0 Å². The quantitative estimate of drug-likeness (QED) is 0.683. The van der Waals surface area contributed by atoms with Gasteiger partial charge in [0.15, 0.2) is 0 Å². The first-order valence-corrected chi connectivity index (χ1v) is 5.20. The fourth-order valence-corrected chi connectivity index (χ4v) is 1.75. The summed E-state index contributed by atoms with van der Waals surface area (Å²) < 4.78 is 5.65. The van der Waals surface area contributed by atoms with E-state index in [2.05, 4.69) is 19.2 Å². The number of nitrogens with one attached hydrogen (secondary N) is 1. The fraction of sp³-hybridized carbons (Fsp3) is 1.00.